The van der Waals surface area contributed by atoms with Gasteiger partial charge in [0.2, 0.25) is 0 Å². The molecule has 1 heterocycles. The summed E-state index contributed by atoms with van der Waals surface area (Å²) in [5.41, 5.74) is 1.15. The molecule has 20 heavy (non-hydrogen) atoms. The fourth-order valence-electron chi connectivity index (χ4n) is 2.23. The van der Waals surface area contributed by atoms with Gasteiger partial charge in [-0.2, -0.15) is 0 Å². The van der Waals surface area contributed by atoms with Crippen molar-refractivity contribution in [2.24, 2.45) is 0 Å². The minimum atomic E-state index is -1.39. The number of aliphatic carboxylic acids is 1. The molecule has 0 atom stereocenters. The quantitative estimate of drug-likeness (QED) is 0.640. The number of H-pyrrole nitrogens is 1. The maximum absolute atomic E-state index is 12.0. The van der Waals surface area contributed by atoms with Crippen LogP contribution < -0.4 is 0 Å². The van der Waals surface area contributed by atoms with Crippen LogP contribution >= 0.6 is 0 Å². The number of allylic oxidation sites excluding steroid dienone is 3. The lowest BCUT2D eigenvalue weighted by Gasteiger charge is -2.09. The summed E-state index contributed by atoms with van der Waals surface area (Å²) in [6.07, 6.45) is 3.60. The Morgan fingerprint density at radius 2 is 1.80 bits per heavy atom. The van der Waals surface area contributed by atoms with Gasteiger partial charge in [-0.1, -0.05) is 18.2 Å². The second kappa shape index (κ2) is 4.31. The van der Waals surface area contributed by atoms with Crippen molar-refractivity contribution in [3.63, 3.8) is 0 Å². The maximum Gasteiger partial charge on any atom is 0.339 e. The molecule has 0 amide bonds. The van der Waals surface area contributed by atoms with Crippen LogP contribution in [0, 0.1) is 0 Å². The van der Waals surface area contributed by atoms with E-state index in [1.807, 2.05) is 24.3 Å². The van der Waals surface area contributed by atoms with Crippen molar-refractivity contribution in [1.82, 2.24) is 4.98 Å². The molecule has 5 heteroatoms. The van der Waals surface area contributed by atoms with Crippen molar-refractivity contribution >= 4 is 34.0 Å². The number of aromatic amines is 1. The second-order valence-electron chi connectivity index (χ2n) is 4.40. The number of ketones is 2. The Balaban J connectivity index is 2.13. The van der Waals surface area contributed by atoms with Gasteiger partial charge in [0, 0.05) is 34.3 Å². The van der Waals surface area contributed by atoms with Crippen LogP contribution in [0.25, 0.3) is 16.5 Å². The third-order valence-electron chi connectivity index (χ3n) is 3.19. The summed E-state index contributed by atoms with van der Waals surface area (Å²) in [4.78, 5) is 37.6. The summed E-state index contributed by atoms with van der Waals surface area (Å²) in [5.74, 6) is -2.54. The van der Waals surface area contributed by atoms with Gasteiger partial charge in [-0.3, -0.25) is 9.59 Å². The van der Waals surface area contributed by atoms with Crippen molar-refractivity contribution in [2.45, 2.75) is 0 Å². The number of rotatable bonds is 2. The van der Waals surface area contributed by atoms with Gasteiger partial charge in [-0.25, -0.2) is 4.79 Å². The minimum absolute atomic E-state index is 0.206. The van der Waals surface area contributed by atoms with Crippen LogP contribution in [0.3, 0.4) is 0 Å². The zero-order valence-corrected chi connectivity index (χ0v) is 10.2. The summed E-state index contributed by atoms with van der Waals surface area (Å²) in [5, 5.41) is 9.65. The number of hydrogen-bond acceptors (Lipinski definition) is 3. The first-order chi connectivity index (χ1) is 9.58. The highest BCUT2D eigenvalue weighted by Crippen LogP contribution is 2.28. The Labute approximate surface area is 113 Å². The van der Waals surface area contributed by atoms with E-state index in [1.54, 1.807) is 6.20 Å². The Bertz CT molecular complexity index is 823. The number of nitrogens with one attached hydrogen (secondary N) is 1. The van der Waals surface area contributed by atoms with Gasteiger partial charge in [0.25, 0.3) is 0 Å². The average Bonchev–Trinajstić information content (AvgIpc) is 2.84. The van der Waals surface area contributed by atoms with Crippen molar-refractivity contribution < 1.29 is 19.5 Å². The number of fused-ring (bicyclic) bond motifs is 1. The van der Waals surface area contributed by atoms with Crippen LogP contribution in [-0.2, 0) is 14.4 Å². The Morgan fingerprint density at radius 3 is 2.55 bits per heavy atom. The van der Waals surface area contributed by atoms with E-state index in [-0.39, 0.29) is 5.57 Å². The molecule has 0 radical (unpaired) electrons. The Kier molecular flexibility index (Phi) is 2.61. The summed E-state index contributed by atoms with van der Waals surface area (Å²) in [6, 6.07) is 7.37. The molecule has 0 fully saturated rings. The van der Waals surface area contributed by atoms with Gasteiger partial charge < -0.3 is 10.1 Å². The number of carbonyl (C=O) groups is 3. The van der Waals surface area contributed by atoms with Crippen LogP contribution in [0.4, 0.5) is 0 Å². The number of carbonyl (C=O) groups excluding carboxylic acids is 2. The molecule has 0 saturated carbocycles. The van der Waals surface area contributed by atoms with E-state index < -0.39 is 23.1 Å². The number of para-hydroxylation sites is 1. The van der Waals surface area contributed by atoms with Gasteiger partial charge in [-0.05, 0) is 12.1 Å². The first-order valence-electron chi connectivity index (χ1n) is 5.90. The van der Waals surface area contributed by atoms with E-state index in [2.05, 4.69) is 4.98 Å². The van der Waals surface area contributed by atoms with Gasteiger partial charge in [0.15, 0.2) is 11.6 Å². The zero-order chi connectivity index (χ0) is 14.3. The lowest BCUT2D eigenvalue weighted by atomic mass is 9.92. The highest BCUT2D eigenvalue weighted by Gasteiger charge is 2.26. The monoisotopic (exact) mass is 267 g/mol. The molecule has 5 nitrogen and oxygen atoms in total. The molecule has 1 aromatic carbocycles. The predicted octanol–water partition coefficient (Wildman–Crippen LogP) is 1.71. The molecule has 0 spiro atoms. The van der Waals surface area contributed by atoms with Crippen LogP contribution in [0.2, 0.25) is 0 Å². The largest absolute Gasteiger partial charge is 0.478 e. The number of carboxylic acids is 1. The van der Waals surface area contributed by atoms with Crippen LogP contribution in [0.5, 0.6) is 0 Å². The molecule has 1 aromatic heterocycles. The highest BCUT2D eigenvalue weighted by atomic mass is 16.4. The van der Waals surface area contributed by atoms with Crippen molar-refractivity contribution in [1.29, 1.82) is 0 Å². The number of benzene rings is 1. The van der Waals surface area contributed by atoms with Crippen LogP contribution in [0.1, 0.15) is 5.56 Å². The molecular weight excluding hydrogens is 258 g/mol. The third kappa shape index (κ3) is 1.76. The SMILES string of the molecule is O=C(O)C1=CC(=O)C(c2c[nH]c3ccccc23)=CC1=O. The first kappa shape index (κ1) is 12.1. The molecule has 2 N–H and O–H groups in total. The summed E-state index contributed by atoms with van der Waals surface area (Å²) >= 11 is 0. The predicted molar refractivity (Wildman–Crippen MR) is 72.0 cm³/mol. The van der Waals surface area contributed by atoms with Crippen molar-refractivity contribution in [2.75, 3.05) is 0 Å². The fraction of sp³-hybridized carbons (Fsp3) is 0. The van der Waals surface area contributed by atoms with Crippen molar-refractivity contribution in [3.05, 3.63) is 53.8 Å². The summed E-state index contributed by atoms with van der Waals surface area (Å²) in [7, 11) is 0. The van der Waals surface area contributed by atoms with Gasteiger partial charge >= 0.3 is 5.97 Å². The third-order valence-corrected chi connectivity index (χ3v) is 3.19. The first-order valence-corrected chi connectivity index (χ1v) is 5.90. The summed E-state index contributed by atoms with van der Waals surface area (Å²) in [6.45, 7) is 0. The van der Waals surface area contributed by atoms with E-state index in [1.165, 1.54) is 0 Å². The van der Waals surface area contributed by atoms with Gasteiger partial charge in [-0.15, -0.1) is 0 Å². The number of carboxylic acid groups (broad SMARTS) is 1. The smallest absolute Gasteiger partial charge is 0.339 e. The van der Waals surface area contributed by atoms with E-state index in [9.17, 15) is 14.4 Å². The summed E-state index contributed by atoms with van der Waals surface area (Å²) < 4.78 is 0. The molecule has 0 aliphatic heterocycles. The molecule has 1 aliphatic carbocycles. The molecular formula is C15H9NO4. The molecule has 3 rings (SSSR count). The second-order valence-corrected chi connectivity index (χ2v) is 4.40. The van der Waals surface area contributed by atoms with E-state index in [0.29, 0.717) is 5.56 Å². The number of aromatic nitrogens is 1. The topological polar surface area (TPSA) is 87.2 Å². The Morgan fingerprint density at radius 1 is 1.05 bits per heavy atom. The lowest BCUT2D eigenvalue weighted by molar-refractivity contribution is -0.134. The normalized spacial score (nSPS) is 15.2. The van der Waals surface area contributed by atoms with E-state index in [4.69, 9.17) is 5.11 Å². The molecule has 1 aliphatic rings. The van der Waals surface area contributed by atoms with Crippen LogP contribution in [-0.4, -0.2) is 27.6 Å². The van der Waals surface area contributed by atoms with E-state index >= 15 is 0 Å². The van der Waals surface area contributed by atoms with Gasteiger partial charge in [0.1, 0.15) is 5.57 Å². The van der Waals surface area contributed by atoms with Crippen molar-refractivity contribution in [3.8, 4) is 0 Å². The standard InChI is InChI=1S/C15H9NO4/c17-13-6-10(15(19)20)14(18)5-9(13)11-7-16-12-4-2-1-3-8(11)12/h1-7,16H,(H,19,20). The zero-order valence-electron chi connectivity index (χ0n) is 10.2. The molecule has 2 aromatic rings. The highest BCUT2D eigenvalue weighted by molar-refractivity contribution is 6.40. The molecule has 0 bridgehead atoms. The average molecular weight is 267 g/mol. The maximum atomic E-state index is 12.0. The van der Waals surface area contributed by atoms with Gasteiger partial charge in [0.05, 0.1) is 0 Å². The molecule has 0 unspecified atom stereocenters. The number of hydrogen-bond donors (Lipinski definition) is 2. The molecule has 0 saturated heterocycles. The van der Waals surface area contributed by atoms with E-state index in [0.717, 1.165) is 23.1 Å². The Hall–Kier alpha value is -2.95. The molecule has 98 valence electrons. The minimum Gasteiger partial charge on any atom is -0.478 e. The lowest BCUT2D eigenvalue weighted by Crippen LogP contribution is -2.18. The fourth-order valence-corrected chi connectivity index (χ4v) is 2.23. The van der Waals surface area contributed by atoms with Crippen LogP contribution in [0.15, 0.2) is 48.2 Å².